The first-order valence-corrected chi connectivity index (χ1v) is 26.4. The molecule has 9 amide bonds. The minimum Gasteiger partial charge on any atom is -0.481 e. The van der Waals surface area contributed by atoms with E-state index >= 15 is 0 Å². The number of H-pyrrole nitrogens is 1. The molecule has 0 saturated heterocycles. The summed E-state index contributed by atoms with van der Waals surface area (Å²) in [6, 6.07) is -15.0. The van der Waals surface area contributed by atoms with Gasteiger partial charge in [-0.2, -0.15) is 0 Å². The predicted octanol–water partition coefficient (Wildman–Crippen LogP) is -3.98. The van der Waals surface area contributed by atoms with Gasteiger partial charge in [0.2, 0.25) is 53.2 Å². The van der Waals surface area contributed by atoms with Crippen molar-refractivity contribution in [2.24, 2.45) is 29.2 Å². The monoisotopic (exact) mass is 1130 g/mol. The number of unbranched alkanes of at least 4 members (excludes halogenated alkanes) is 1. The molecule has 0 radical (unpaired) electrons. The molecule has 448 valence electrons. The number of nitrogens with zero attached hydrogens (tertiary/aromatic N) is 1. The van der Waals surface area contributed by atoms with Crippen molar-refractivity contribution in [3.05, 3.63) is 18.2 Å². The van der Waals surface area contributed by atoms with E-state index in [1.807, 2.05) is 13.8 Å². The van der Waals surface area contributed by atoms with Gasteiger partial charge in [0.05, 0.1) is 30.7 Å². The average molecular weight is 1130 g/mol. The van der Waals surface area contributed by atoms with Crippen LogP contribution in [-0.2, 0) is 59.2 Å². The standard InChI is InChI=1S/C50H87N13O16/c1-23(2)17-31(52)42(70)55-26(7)41(69)61-38(27(8)64)48(76)58-34(18-24(3)4)45(73)56-33(14-15-37(67)68)44(72)62-40(29(10)66)49(77)59-35(19-25(5)6)46(74)63-39(28(9)65)47(75)57-32(13-11-12-16-51)43(71)60-36(50(78)79)20-30-21-53-22-54-30/h21-29,31-36,38-40,64-66H,11-20,51-52H2,1-10H3,(H,53,54)(H,55,70)(H,56,73)(H,57,75)(H,58,76)(H,59,77)(H,60,71)(H,61,69)(H,62,72)(H,63,74)(H,67,68)(H,78,79)/t26-,27+,28+,29+,31-,32-,33-,34-,35-,36-,38-,39-,40-/m0/s1. The topological polar surface area (TPSA) is 478 Å². The molecular formula is C50H87N13O16. The molecule has 1 heterocycles. The van der Waals surface area contributed by atoms with Gasteiger partial charge in [-0.3, -0.25) is 47.9 Å². The fraction of sp³-hybridized carbons (Fsp3) is 0.720. The molecule has 1 aromatic rings. The second kappa shape index (κ2) is 34.9. The largest absolute Gasteiger partial charge is 0.481 e. The number of carboxylic acids is 2. The minimum absolute atomic E-state index is 0.0234. The maximum atomic E-state index is 14.0. The molecule has 0 spiro atoms. The first kappa shape index (κ1) is 70.2. The van der Waals surface area contributed by atoms with Crippen molar-refractivity contribution in [2.75, 3.05) is 6.54 Å². The summed E-state index contributed by atoms with van der Waals surface area (Å²) < 4.78 is 0. The number of imidazole rings is 1. The average Bonchev–Trinajstić information content (AvgIpc) is 3.86. The summed E-state index contributed by atoms with van der Waals surface area (Å²) in [7, 11) is 0. The molecule has 0 fully saturated rings. The molecule has 29 nitrogen and oxygen atoms in total. The second-order valence-corrected chi connectivity index (χ2v) is 21.0. The van der Waals surface area contributed by atoms with E-state index < -0.39 is 157 Å². The van der Waals surface area contributed by atoms with E-state index in [1.54, 1.807) is 27.7 Å². The van der Waals surface area contributed by atoms with Crippen LogP contribution < -0.4 is 59.3 Å². The zero-order valence-electron chi connectivity index (χ0n) is 46.8. The Balaban J connectivity index is 3.39. The summed E-state index contributed by atoms with van der Waals surface area (Å²) in [6.07, 6.45) is -2.84. The van der Waals surface area contributed by atoms with Crippen LogP contribution in [0.1, 0.15) is 126 Å². The van der Waals surface area contributed by atoms with Gasteiger partial charge in [-0.05, 0) is 96.9 Å². The summed E-state index contributed by atoms with van der Waals surface area (Å²) in [5.74, 6) is -12.2. The van der Waals surface area contributed by atoms with Crippen LogP contribution in [0, 0.1) is 17.8 Å². The lowest BCUT2D eigenvalue weighted by Crippen LogP contribution is -2.63. The quantitative estimate of drug-likeness (QED) is 0.0283. The number of carbonyl (C=O) groups is 11. The molecule has 13 atom stereocenters. The van der Waals surface area contributed by atoms with Crippen molar-refractivity contribution >= 4 is 65.1 Å². The maximum absolute atomic E-state index is 14.0. The Hall–Kier alpha value is -6.82. The van der Waals surface area contributed by atoms with Gasteiger partial charge in [-0.25, -0.2) is 9.78 Å². The highest BCUT2D eigenvalue weighted by Crippen LogP contribution is 2.13. The molecule has 0 aliphatic carbocycles. The highest BCUT2D eigenvalue weighted by molar-refractivity contribution is 5.99. The molecule has 19 N–H and O–H groups in total. The number of aromatic amines is 1. The smallest absolute Gasteiger partial charge is 0.326 e. The Labute approximate surface area is 459 Å². The van der Waals surface area contributed by atoms with E-state index in [-0.39, 0.29) is 50.0 Å². The summed E-state index contributed by atoms with van der Waals surface area (Å²) >= 11 is 0. The number of carboxylic acid groups (broad SMARTS) is 2. The number of carbonyl (C=O) groups excluding carboxylic acids is 9. The van der Waals surface area contributed by atoms with Crippen LogP contribution in [0.15, 0.2) is 12.5 Å². The number of hydrogen-bond acceptors (Lipinski definition) is 17. The number of hydrogen-bond donors (Lipinski definition) is 17. The van der Waals surface area contributed by atoms with Gasteiger partial charge >= 0.3 is 11.9 Å². The third-order valence-corrected chi connectivity index (χ3v) is 12.1. The molecule has 0 aromatic carbocycles. The normalized spacial score (nSPS) is 16.4. The van der Waals surface area contributed by atoms with Crippen LogP contribution in [0.5, 0.6) is 0 Å². The highest BCUT2D eigenvalue weighted by Gasteiger charge is 2.38. The minimum atomic E-state index is -1.88. The lowest BCUT2D eigenvalue weighted by atomic mass is 10.00. The van der Waals surface area contributed by atoms with Crippen LogP contribution in [0.2, 0.25) is 0 Å². The Morgan fingerprint density at radius 2 is 0.886 bits per heavy atom. The number of aliphatic hydroxyl groups is 3. The van der Waals surface area contributed by atoms with Crippen LogP contribution in [0.25, 0.3) is 0 Å². The molecule has 79 heavy (non-hydrogen) atoms. The number of aliphatic hydroxyl groups excluding tert-OH is 3. The Morgan fingerprint density at radius 1 is 0.494 bits per heavy atom. The fourth-order valence-electron chi connectivity index (χ4n) is 7.85. The van der Waals surface area contributed by atoms with Gasteiger partial charge in [0, 0.05) is 24.7 Å². The molecule has 0 aliphatic rings. The summed E-state index contributed by atoms with van der Waals surface area (Å²) in [6.45, 7) is 15.5. The first-order valence-electron chi connectivity index (χ1n) is 26.4. The fourth-order valence-corrected chi connectivity index (χ4v) is 7.85. The third-order valence-electron chi connectivity index (χ3n) is 12.1. The molecule has 0 bridgehead atoms. The number of rotatable bonds is 37. The van der Waals surface area contributed by atoms with Crippen LogP contribution in [0.4, 0.5) is 0 Å². The van der Waals surface area contributed by atoms with Crippen molar-refractivity contribution in [3.8, 4) is 0 Å². The first-order chi connectivity index (χ1) is 36.8. The molecule has 0 saturated carbocycles. The van der Waals surface area contributed by atoms with Crippen molar-refractivity contribution in [1.82, 2.24) is 57.8 Å². The maximum Gasteiger partial charge on any atom is 0.326 e. The van der Waals surface area contributed by atoms with Gasteiger partial charge in [0.15, 0.2) is 0 Å². The lowest BCUT2D eigenvalue weighted by molar-refractivity contribution is -0.142. The molecular weight excluding hydrogens is 1040 g/mol. The van der Waals surface area contributed by atoms with Crippen molar-refractivity contribution in [3.63, 3.8) is 0 Å². The molecule has 29 heteroatoms. The van der Waals surface area contributed by atoms with E-state index in [0.717, 1.165) is 13.8 Å². The van der Waals surface area contributed by atoms with Gasteiger partial charge in [-0.15, -0.1) is 0 Å². The highest BCUT2D eigenvalue weighted by atomic mass is 16.4. The number of nitrogens with two attached hydrogens (primary N) is 2. The number of nitrogens with one attached hydrogen (secondary N) is 10. The van der Waals surface area contributed by atoms with Crippen molar-refractivity contribution in [1.29, 1.82) is 0 Å². The number of aliphatic carboxylic acids is 2. The number of aromatic nitrogens is 2. The zero-order chi connectivity index (χ0) is 60.4. The molecule has 0 unspecified atom stereocenters. The summed E-state index contributed by atoms with van der Waals surface area (Å²) in [5.41, 5.74) is 12.0. The van der Waals surface area contributed by atoms with Crippen molar-refractivity contribution < 1.29 is 78.3 Å². The van der Waals surface area contributed by atoms with Crippen molar-refractivity contribution in [2.45, 2.75) is 206 Å². The Bertz CT molecular complexity index is 2180. The van der Waals surface area contributed by atoms with E-state index in [9.17, 15) is 78.3 Å². The summed E-state index contributed by atoms with van der Waals surface area (Å²) in [5, 5.41) is 73.1. The van der Waals surface area contributed by atoms with E-state index in [1.165, 1.54) is 26.4 Å². The van der Waals surface area contributed by atoms with Gasteiger partial charge in [0.25, 0.3) is 0 Å². The van der Waals surface area contributed by atoms with Crippen LogP contribution in [-0.4, -0.2) is 186 Å². The van der Waals surface area contributed by atoms with Gasteiger partial charge in [0.1, 0.15) is 54.4 Å². The second-order valence-electron chi connectivity index (χ2n) is 21.0. The SMILES string of the molecule is CC(C)C[C@H](NC(=O)[C@@H](NC(=O)[C@H](C)NC(=O)[C@@H](N)CC(C)C)[C@@H](C)O)C(=O)N[C@@H](CCC(=O)O)C(=O)N[C@H](C(=O)N[C@@H](CC(C)C)C(=O)N[C@H](C(=O)N[C@@H](CCCCN)C(=O)N[C@@H](Cc1cnc[nH]1)C(=O)O)[C@@H](C)O)[C@@H](C)O. The summed E-state index contributed by atoms with van der Waals surface area (Å²) in [4.78, 5) is 153. The van der Waals surface area contributed by atoms with Crippen LogP contribution >= 0.6 is 0 Å². The number of amides is 9. The Morgan fingerprint density at radius 3 is 1.29 bits per heavy atom. The molecule has 1 aromatic heterocycles. The van der Waals surface area contributed by atoms with E-state index in [4.69, 9.17) is 11.5 Å². The van der Waals surface area contributed by atoms with Gasteiger partial charge < -0.3 is 89.8 Å². The molecule has 0 aliphatic heterocycles. The lowest BCUT2D eigenvalue weighted by Gasteiger charge is -2.30. The third kappa shape index (κ3) is 26.1. The zero-order valence-corrected chi connectivity index (χ0v) is 46.8. The Kier molecular flexibility index (Phi) is 31.0. The van der Waals surface area contributed by atoms with E-state index in [2.05, 4.69) is 57.8 Å². The van der Waals surface area contributed by atoms with Crippen LogP contribution in [0.3, 0.4) is 0 Å². The van der Waals surface area contributed by atoms with E-state index in [0.29, 0.717) is 25.0 Å². The molecule has 1 rings (SSSR count). The predicted molar refractivity (Wildman–Crippen MR) is 284 cm³/mol. The van der Waals surface area contributed by atoms with Gasteiger partial charge in [-0.1, -0.05) is 41.5 Å².